The quantitative estimate of drug-likeness (QED) is 0.467. The lowest BCUT2D eigenvalue weighted by molar-refractivity contribution is 0.0696. The molecule has 2 heterocycles. The van der Waals surface area contributed by atoms with Crippen molar-refractivity contribution in [3.05, 3.63) is 65.9 Å². The molecule has 0 radical (unpaired) electrons. The Balaban J connectivity index is 1.57. The SMILES string of the molecule is COC(C)COc1cc(Oc2ccc3c(c2)OCCO3)cc(C(=O)Nc2ccc(C(=O)O)cn2)c1. The second kappa shape index (κ2) is 10.7. The van der Waals surface area contributed by atoms with E-state index >= 15 is 0 Å². The molecule has 0 saturated heterocycles. The van der Waals surface area contributed by atoms with Crippen molar-refractivity contribution in [3.8, 4) is 28.7 Å². The Bertz CT molecular complexity index is 1210. The Morgan fingerprint density at radius 1 is 1.00 bits per heavy atom. The number of pyridine rings is 1. The molecule has 3 aromatic rings. The van der Waals surface area contributed by atoms with Gasteiger partial charge in [0.05, 0.1) is 11.7 Å². The number of carbonyl (C=O) groups excluding carboxylic acids is 1. The molecule has 2 N–H and O–H groups in total. The minimum Gasteiger partial charge on any atom is -0.491 e. The van der Waals surface area contributed by atoms with Gasteiger partial charge in [-0.15, -0.1) is 0 Å². The van der Waals surface area contributed by atoms with Crippen molar-refractivity contribution in [1.29, 1.82) is 0 Å². The summed E-state index contributed by atoms with van der Waals surface area (Å²) in [6.07, 6.45) is 1.01. The van der Waals surface area contributed by atoms with Crippen LogP contribution in [-0.2, 0) is 4.74 Å². The van der Waals surface area contributed by atoms with Gasteiger partial charge in [0.1, 0.15) is 42.9 Å². The molecule has 0 saturated carbocycles. The molecule has 4 rings (SSSR count). The topological polar surface area (TPSA) is 125 Å². The Hall–Kier alpha value is -4.31. The second-order valence-electron chi connectivity index (χ2n) is 7.65. The number of fused-ring (bicyclic) bond motifs is 1. The summed E-state index contributed by atoms with van der Waals surface area (Å²) >= 11 is 0. The molecule has 0 aliphatic carbocycles. The van der Waals surface area contributed by atoms with Gasteiger partial charge in [-0.3, -0.25) is 4.79 Å². The van der Waals surface area contributed by atoms with Crippen molar-refractivity contribution >= 4 is 17.7 Å². The molecule has 2 aromatic carbocycles. The lowest BCUT2D eigenvalue weighted by Gasteiger charge is -2.19. The standard InChI is InChI=1S/C25H24N2O8/c1-15(31-2)14-34-19-9-17(24(28)27-23-6-3-16(13-26-23)25(29)30)10-20(11-19)35-18-4-5-21-22(12-18)33-8-7-32-21/h3-6,9-13,15H,7-8,14H2,1-2H3,(H,29,30)(H,26,27,28). The molecule has 1 aromatic heterocycles. The average Bonchev–Trinajstić information content (AvgIpc) is 2.87. The highest BCUT2D eigenvalue weighted by Crippen LogP contribution is 2.36. The minimum atomic E-state index is -1.11. The minimum absolute atomic E-state index is 0.0146. The summed E-state index contributed by atoms with van der Waals surface area (Å²) in [6.45, 7) is 3.06. The van der Waals surface area contributed by atoms with Crippen LogP contribution in [0.2, 0.25) is 0 Å². The van der Waals surface area contributed by atoms with E-state index in [0.717, 1.165) is 0 Å². The van der Waals surface area contributed by atoms with E-state index in [1.54, 1.807) is 43.5 Å². The molecule has 1 aliphatic heterocycles. The molecule has 1 amide bonds. The maximum absolute atomic E-state index is 12.9. The summed E-state index contributed by atoms with van der Waals surface area (Å²) in [5.74, 6) is 1.10. The number of aromatic carboxylic acids is 1. The van der Waals surface area contributed by atoms with Crippen molar-refractivity contribution in [3.63, 3.8) is 0 Å². The Morgan fingerprint density at radius 2 is 1.77 bits per heavy atom. The third-order valence-corrected chi connectivity index (χ3v) is 5.03. The zero-order chi connectivity index (χ0) is 24.8. The van der Waals surface area contributed by atoms with Gasteiger partial charge in [0.25, 0.3) is 5.91 Å². The highest BCUT2D eigenvalue weighted by molar-refractivity contribution is 6.04. The van der Waals surface area contributed by atoms with Gasteiger partial charge in [-0.2, -0.15) is 0 Å². The predicted octanol–water partition coefficient (Wildman–Crippen LogP) is 4.01. The van der Waals surface area contributed by atoms with Crippen molar-refractivity contribution in [1.82, 2.24) is 4.98 Å². The van der Waals surface area contributed by atoms with Crippen LogP contribution in [0.3, 0.4) is 0 Å². The van der Waals surface area contributed by atoms with Gasteiger partial charge < -0.3 is 34.1 Å². The Morgan fingerprint density at radius 3 is 2.49 bits per heavy atom. The van der Waals surface area contributed by atoms with Crippen molar-refractivity contribution in [2.24, 2.45) is 0 Å². The third kappa shape index (κ3) is 6.18. The maximum Gasteiger partial charge on any atom is 0.337 e. The van der Waals surface area contributed by atoms with Crippen molar-refractivity contribution in [2.45, 2.75) is 13.0 Å². The zero-order valence-electron chi connectivity index (χ0n) is 19.1. The van der Waals surface area contributed by atoms with E-state index in [9.17, 15) is 9.59 Å². The lowest BCUT2D eigenvalue weighted by Crippen LogP contribution is -2.17. The first-order valence-corrected chi connectivity index (χ1v) is 10.8. The highest BCUT2D eigenvalue weighted by atomic mass is 16.6. The molecule has 1 unspecified atom stereocenters. The van der Waals surface area contributed by atoms with E-state index in [4.69, 9.17) is 28.8 Å². The molecule has 1 aliphatic rings. The summed E-state index contributed by atoms with van der Waals surface area (Å²) in [4.78, 5) is 27.9. The van der Waals surface area contributed by atoms with Gasteiger partial charge in [0.2, 0.25) is 0 Å². The van der Waals surface area contributed by atoms with Gasteiger partial charge in [-0.1, -0.05) is 0 Å². The molecule has 0 bridgehead atoms. The van der Waals surface area contributed by atoms with E-state index in [1.807, 2.05) is 6.92 Å². The molecule has 1 atom stereocenters. The summed E-state index contributed by atoms with van der Waals surface area (Å²) in [5, 5.41) is 11.7. The second-order valence-corrected chi connectivity index (χ2v) is 7.65. The number of aromatic nitrogens is 1. The zero-order valence-corrected chi connectivity index (χ0v) is 19.1. The van der Waals surface area contributed by atoms with Crippen molar-refractivity contribution in [2.75, 3.05) is 32.2 Å². The number of amides is 1. The number of anilines is 1. The van der Waals surface area contributed by atoms with Gasteiger partial charge in [0, 0.05) is 31.0 Å². The van der Waals surface area contributed by atoms with Crippen LogP contribution >= 0.6 is 0 Å². The van der Waals surface area contributed by atoms with Crippen LogP contribution in [0.5, 0.6) is 28.7 Å². The fourth-order valence-corrected chi connectivity index (χ4v) is 3.13. The number of nitrogens with zero attached hydrogens (tertiary/aromatic N) is 1. The monoisotopic (exact) mass is 480 g/mol. The van der Waals surface area contributed by atoms with Gasteiger partial charge >= 0.3 is 5.97 Å². The molecule has 0 fully saturated rings. The van der Waals surface area contributed by atoms with Crippen molar-refractivity contribution < 1.29 is 38.4 Å². The molecular formula is C25H24N2O8. The average molecular weight is 480 g/mol. The largest absolute Gasteiger partial charge is 0.491 e. The Labute approximate surface area is 201 Å². The number of ether oxygens (including phenoxy) is 5. The molecule has 0 spiro atoms. The normalized spacial score (nSPS) is 13.0. The number of hydrogen-bond acceptors (Lipinski definition) is 8. The van der Waals surface area contributed by atoms with Crippen LogP contribution in [0.15, 0.2) is 54.7 Å². The highest BCUT2D eigenvalue weighted by Gasteiger charge is 2.16. The fourth-order valence-electron chi connectivity index (χ4n) is 3.13. The van der Waals surface area contributed by atoms with Gasteiger partial charge in [0.15, 0.2) is 11.5 Å². The number of methoxy groups -OCH3 is 1. The molecule has 10 nitrogen and oxygen atoms in total. The number of carboxylic acid groups (broad SMARTS) is 1. The number of carboxylic acids is 1. The summed E-state index contributed by atoms with van der Waals surface area (Å²) in [6, 6.07) is 12.8. The van der Waals surface area contributed by atoms with Gasteiger partial charge in [-0.25, -0.2) is 9.78 Å². The Kier molecular flexibility index (Phi) is 7.32. The number of carbonyl (C=O) groups is 2. The number of hydrogen-bond donors (Lipinski definition) is 2. The number of benzene rings is 2. The van der Waals surface area contributed by atoms with Gasteiger partial charge in [-0.05, 0) is 43.3 Å². The first-order chi connectivity index (χ1) is 16.9. The summed E-state index contributed by atoms with van der Waals surface area (Å²) < 4.78 is 28.2. The first kappa shape index (κ1) is 23.8. The first-order valence-electron chi connectivity index (χ1n) is 10.8. The van der Waals surface area contributed by atoms with E-state index in [2.05, 4.69) is 10.3 Å². The van der Waals surface area contributed by atoms with Crippen LogP contribution < -0.4 is 24.3 Å². The van der Waals surface area contributed by atoms with Crippen LogP contribution in [-0.4, -0.2) is 55.0 Å². The smallest absolute Gasteiger partial charge is 0.337 e. The summed E-state index contributed by atoms with van der Waals surface area (Å²) in [5.41, 5.74) is 0.269. The molecular weight excluding hydrogens is 456 g/mol. The third-order valence-electron chi connectivity index (χ3n) is 5.03. The van der Waals surface area contributed by atoms with Crippen LogP contribution in [0.4, 0.5) is 5.82 Å². The molecule has 35 heavy (non-hydrogen) atoms. The molecule has 10 heteroatoms. The van der Waals surface area contributed by atoms with Crippen LogP contribution in [0.1, 0.15) is 27.6 Å². The maximum atomic E-state index is 12.9. The van der Waals surface area contributed by atoms with Crippen LogP contribution in [0, 0.1) is 0 Å². The van der Waals surface area contributed by atoms with E-state index in [0.29, 0.717) is 42.0 Å². The number of rotatable bonds is 9. The fraction of sp³-hybridized carbons (Fsp3) is 0.240. The summed E-state index contributed by atoms with van der Waals surface area (Å²) in [7, 11) is 1.58. The van der Waals surface area contributed by atoms with E-state index in [-0.39, 0.29) is 29.7 Å². The van der Waals surface area contributed by atoms with Crippen LogP contribution in [0.25, 0.3) is 0 Å². The van der Waals surface area contributed by atoms with E-state index < -0.39 is 11.9 Å². The van der Waals surface area contributed by atoms with E-state index in [1.165, 1.54) is 18.3 Å². The number of nitrogens with one attached hydrogen (secondary N) is 1. The lowest BCUT2D eigenvalue weighted by atomic mass is 10.1. The predicted molar refractivity (Wildman–Crippen MR) is 125 cm³/mol. The molecule has 182 valence electrons.